The van der Waals surface area contributed by atoms with Gasteiger partial charge in [-0.2, -0.15) is 0 Å². The first-order chi connectivity index (χ1) is 15.6. The molecule has 3 nitrogen and oxygen atoms in total. The van der Waals surface area contributed by atoms with Gasteiger partial charge in [-0.25, -0.2) is 0 Å². The van der Waals surface area contributed by atoms with Crippen molar-refractivity contribution in [1.29, 1.82) is 0 Å². The lowest BCUT2D eigenvalue weighted by Gasteiger charge is -2.16. The van der Waals surface area contributed by atoms with Crippen molar-refractivity contribution >= 4 is 12.2 Å². The summed E-state index contributed by atoms with van der Waals surface area (Å²) in [6, 6.07) is 12.9. The zero-order valence-corrected chi connectivity index (χ0v) is 20.3. The maximum atomic E-state index is 11.0. The van der Waals surface area contributed by atoms with Crippen LogP contribution in [0.15, 0.2) is 48.6 Å². The predicted octanol–water partition coefficient (Wildman–Crippen LogP) is 6.24. The summed E-state index contributed by atoms with van der Waals surface area (Å²) in [5, 5.41) is 11.0. The molecule has 0 fully saturated rings. The molecule has 0 unspecified atom stereocenters. The van der Waals surface area contributed by atoms with Crippen LogP contribution in [0.3, 0.4) is 0 Å². The SMILES string of the molecule is CCN(CC)CC/C=C/c1ccc2c(c1)C(O)c1cc(/C=C/CCN(CC)CC)ccc1-2. The van der Waals surface area contributed by atoms with E-state index in [1.54, 1.807) is 0 Å². The quantitative estimate of drug-likeness (QED) is 0.430. The fourth-order valence-corrected chi connectivity index (χ4v) is 4.51. The van der Waals surface area contributed by atoms with Gasteiger partial charge in [-0.15, -0.1) is 0 Å². The van der Waals surface area contributed by atoms with Gasteiger partial charge in [0, 0.05) is 13.1 Å². The second kappa shape index (κ2) is 12.2. The van der Waals surface area contributed by atoms with Crippen molar-refractivity contribution in [1.82, 2.24) is 9.80 Å². The van der Waals surface area contributed by atoms with Crippen LogP contribution in [0.1, 0.15) is 68.9 Å². The lowest BCUT2D eigenvalue weighted by Crippen LogP contribution is -2.23. The normalized spacial score (nSPS) is 13.7. The molecule has 0 radical (unpaired) electrons. The molecular formula is C29H40N2O. The number of benzene rings is 2. The third-order valence-corrected chi connectivity index (χ3v) is 6.66. The summed E-state index contributed by atoms with van der Waals surface area (Å²) in [6.07, 6.45) is 10.4. The Kier molecular flexibility index (Phi) is 9.28. The van der Waals surface area contributed by atoms with Crippen molar-refractivity contribution in [3.63, 3.8) is 0 Å². The maximum absolute atomic E-state index is 11.0. The van der Waals surface area contributed by atoms with E-state index in [9.17, 15) is 5.11 Å². The molecule has 0 aromatic heterocycles. The summed E-state index contributed by atoms with van der Waals surface area (Å²) in [5.41, 5.74) is 6.68. The average Bonchev–Trinajstić information content (AvgIpc) is 3.10. The molecule has 0 heterocycles. The van der Waals surface area contributed by atoms with E-state index >= 15 is 0 Å². The van der Waals surface area contributed by atoms with Gasteiger partial charge in [-0.05, 0) is 84.5 Å². The number of nitrogens with zero attached hydrogens (tertiary/aromatic N) is 2. The van der Waals surface area contributed by atoms with Gasteiger partial charge in [-0.1, -0.05) is 76.3 Å². The largest absolute Gasteiger partial charge is 0.384 e. The molecule has 32 heavy (non-hydrogen) atoms. The number of hydrogen-bond acceptors (Lipinski definition) is 3. The number of hydrogen-bond donors (Lipinski definition) is 1. The van der Waals surface area contributed by atoms with Crippen LogP contribution in [0.2, 0.25) is 0 Å². The van der Waals surface area contributed by atoms with E-state index in [4.69, 9.17) is 0 Å². The molecule has 0 atom stereocenters. The summed E-state index contributed by atoms with van der Waals surface area (Å²) in [7, 11) is 0. The Labute approximate surface area is 195 Å². The Bertz CT molecular complexity index is 847. The monoisotopic (exact) mass is 432 g/mol. The minimum absolute atomic E-state index is 0.548. The highest BCUT2D eigenvalue weighted by molar-refractivity contribution is 5.80. The maximum Gasteiger partial charge on any atom is 0.105 e. The molecule has 0 amide bonds. The van der Waals surface area contributed by atoms with Gasteiger partial charge >= 0.3 is 0 Å². The van der Waals surface area contributed by atoms with Crippen LogP contribution < -0.4 is 0 Å². The van der Waals surface area contributed by atoms with Gasteiger partial charge in [-0.3, -0.25) is 0 Å². The van der Waals surface area contributed by atoms with Crippen LogP contribution >= 0.6 is 0 Å². The van der Waals surface area contributed by atoms with Crippen LogP contribution in [0.5, 0.6) is 0 Å². The van der Waals surface area contributed by atoms with Crippen LogP contribution in [0.4, 0.5) is 0 Å². The van der Waals surface area contributed by atoms with Crippen molar-refractivity contribution in [2.45, 2.75) is 46.6 Å². The lowest BCUT2D eigenvalue weighted by atomic mass is 10.0. The summed E-state index contributed by atoms with van der Waals surface area (Å²) >= 11 is 0. The van der Waals surface area contributed by atoms with Crippen LogP contribution in [0, 0.1) is 0 Å². The van der Waals surface area contributed by atoms with E-state index in [-0.39, 0.29) is 0 Å². The van der Waals surface area contributed by atoms with Crippen molar-refractivity contribution < 1.29 is 5.11 Å². The second-order valence-electron chi connectivity index (χ2n) is 8.53. The fraction of sp³-hybridized carbons (Fsp3) is 0.448. The molecule has 1 aliphatic rings. The Morgan fingerprint density at radius 2 is 1.09 bits per heavy atom. The molecule has 1 aliphatic carbocycles. The number of rotatable bonds is 12. The molecule has 0 bridgehead atoms. The van der Waals surface area contributed by atoms with Crippen LogP contribution in [-0.4, -0.2) is 54.2 Å². The molecule has 0 saturated carbocycles. The highest BCUT2D eigenvalue weighted by atomic mass is 16.3. The molecule has 1 N–H and O–H groups in total. The summed E-state index contributed by atoms with van der Waals surface area (Å²) in [6.45, 7) is 15.4. The van der Waals surface area contributed by atoms with Gasteiger partial charge in [0.15, 0.2) is 0 Å². The second-order valence-corrected chi connectivity index (χ2v) is 8.53. The minimum Gasteiger partial charge on any atom is -0.384 e. The number of fused-ring (bicyclic) bond motifs is 3. The van der Waals surface area contributed by atoms with E-state index < -0.39 is 6.10 Å². The van der Waals surface area contributed by atoms with E-state index in [1.165, 1.54) is 0 Å². The van der Waals surface area contributed by atoms with E-state index in [0.29, 0.717) is 0 Å². The van der Waals surface area contributed by atoms with Gasteiger partial charge in [0.2, 0.25) is 0 Å². The third-order valence-electron chi connectivity index (χ3n) is 6.66. The van der Waals surface area contributed by atoms with Gasteiger partial charge in [0.25, 0.3) is 0 Å². The standard InChI is InChI=1S/C29H40N2O/c1-5-30(6-2)19-11-9-13-23-15-17-25-26-18-16-24(14-10-12-20-31(7-3)8-4)22-28(26)29(32)27(25)21-23/h9-10,13-18,21-22,29,32H,5-8,11-12,19-20H2,1-4H3/b13-9+,14-10+. The zero-order valence-electron chi connectivity index (χ0n) is 20.3. The van der Waals surface area contributed by atoms with Crippen LogP contribution in [0.25, 0.3) is 23.3 Å². The van der Waals surface area contributed by atoms with E-state index in [0.717, 1.165) is 85.5 Å². The Hall–Kier alpha value is -2.20. The molecule has 2 aromatic carbocycles. The van der Waals surface area contributed by atoms with Crippen molar-refractivity contribution in [2.24, 2.45) is 0 Å². The first kappa shape index (κ1) is 24.4. The molecule has 0 aliphatic heterocycles. The Balaban J connectivity index is 1.66. The molecule has 0 saturated heterocycles. The minimum atomic E-state index is -0.548. The van der Waals surface area contributed by atoms with Gasteiger partial charge in [0.1, 0.15) is 6.10 Å². The molecular weight excluding hydrogens is 392 g/mol. The lowest BCUT2D eigenvalue weighted by molar-refractivity contribution is 0.225. The molecule has 2 aromatic rings. The highest BCUT2D eigenvalue weighted by Crippen LogP contribution is 2.44. The zero-order chi connectivity index (χ0) is 22.9. The summed E-state index contributed by atoms with van der Waals surface area (Å²) in [4.78, 5) is 4.87. The van der Waals surface area contributed by atoms with Crippen LogP contribution in [-0.2, 0) is 0 Å². The topological polar surface area (TPSA) is 26.7 Å². The fourth-order valence-electron chi connectivity index (χ4n) is 4.51. The number of aliphatic hydroxyl groups is 1. The smallest absolute Gasteiger partial charge is 0.105 e. The molecule has 172 valence electrons. The van der Waals surface area contributed by atoms with E-state index in [2.05, 4.69) is 98.2 Å². The summed E-state index contributed by atoms with van der Waals surface area (Å²) < 4.78 is 0. The average molecular weight is 433 g/mol. The molecule has 3 heteroatoms. The summed E-state index contributed by atoms with van der Waals surface area (Å²) in [5.74, 6) is 0. The Morgan fingerprint density at radius 3 is 1.47 bits per heavy atom. The number of aliphatic hydroxyl groups excluding tert-OH is 1. The van der Waals surface area contributed by atoms with Crippen molar-refractivity contribution in [3.8, 4) is 11.1 Å². The van der Waals surface area contributed by atoms with Gasteiger partial charge in [0.05, 0.1) is 0 Å². The van der Waals surface area contributed by atoms with Gasteiger partial charge < -0.3 is 14.9 Å². The predicted molar refractivity (Wildman–Crippen MR) is 139 cm³/mol. The van der Waals surface area contributed by atoms with Crippen molar-refractivity contribution in [2.75, 3.05) is 39.3 Å². The third kappa shape index (κ3) is 5.98. The molecule has 3 rings (SSSR count). The van der Waals surface area contributed by atoms with E-state index in [1.807, 2.05) is 0 Å². The van der Waals surface area contributed by atoms with Crippen molar-refractivity contribution in [3.05, 3.63) is 70.8 Å². The first-order valence-electron chi connectivity index (χ1n) is 12.3. The first-order valence-corrected chi connectivity index (χ1v) is 12.3. The molecule has 0 spiro atoms. The highest BCUT2D eigenvalue weighted by Gasteiger charge is 2.27. The Morgan fingerprint density at radius 1 is 0.688 bits per heavy atom.